The minimum absolute atomic E-state index is 0.0480. The summed E-state index contributed by atoms with van der Waals surface area (Å²) in [5.41, 5.74) is -1.23. The van der Waals surface area contributed by atoms with Crippen molar-refractivity contribution < 1.29 is 31.6 Å². The molecule has 3 heterocycles. The molecule has 4 rings (SSSR count). The van der Waals surface area contributed by atoms with E-state index < -0.39 is 29.2 Å². The first-order valence-electron chi connectivity index (χ1n) is 9.14. The zero-order chi connectivity index (χ0) is 22.7. The molecule has 32 heavy (non-hydrogen) atoms. The van der Waals surface area contributed by atoms with E-state index in [9.17, 15) is 22.8 Å². The number of hydrogen-bond donors (Lipinski definition) is 2. The Balaban J connectivity index is 1.48. The van der Waals surface area contributed by atoms with E-state index in [0.29, 0.717) is 16.5 Å². The van der Waals surface area contributed by atoms with Crippen molar-refractivity contribution in [3.63, 3.8) is 0 Å². The molecular formula is C21H14F3N3O4S. The van der Waals surface area contributed by atoms with Crippen molar-refractivity contribution >= 4 is 34.5 Å². The Morgan fingerprint density at radius 1 is 1.03 bits per heavy atom. The van der Waals surface area contributed by atoms with Gasteiger partial charge in [0.1, 0.15) is 0 Å². The number of rotatable bonds is 6. The molecule has 3 aromatic heterocycles. The molecule has 11 heteroatoms. The number of carbonyl (C=O) groups is 2. The van der Waals surface area contributed by atoms with Crippen LogP contribution < -0.4 is 10.6 Å². The van der Waals surface area contributed by atoms with Gasteiger partial charge >= 0.3 is 6.18 Å². The van der Waals surface area contributed by atoms with Crippen LogP contribution in [0.5, 0.6) is 0 Å². The van der Waals surface area contributed by atoms with E-state index in [1.807, 2.05) is 0 Å². The Morgan fingerprint density at radius 2 is 1.81 bits per heavy atom. The number of alkyl halides is 3. The van der Waals surface area contributed by atoms with Crippen molar-refractivity contribution in [3.05, 3.63) is 77.4 Å². The van der Waals surface area contributed by atoms with Crippen LogP contribution in [0.15, 0.2) is 69.2 Å². The second-order valence-electron chi connectivity index (χ2n) is 6.54. The molecule has 0 spiro atoms. The van der Waals surface area contributed by atoms with Crippen LogP contribution in [0, 0.1) is 0 Å². The van der Waals surface area contributed by atoms with Crippen molar-refractivity contribution in [2.24, 2.45) is 0 Å². The Labute approximate surface area is 182 Å². The lowest BCUT2D eigenvalue weighted by Crippen LogP contribution is -2.19. The lowest BCUT2D eigenvalue weighted by molar-refractivity contribution is -0.136. The zero-order valence-electron chi connectivity index (χ0n) is 16.1. The summed E-state index contributed by atoms with van der Waals surface area (Å²) in [6.07, 6.45) is -2.22. The zero-order valence-corrected chi connectivity index (χ0v) is 16.9. The third-order valence-corrected chi connectivity index (χ3v) is 5.13. The molecule has 0 unspecified atom stereocenters. The second kappa shape index (κ2) is 8.71. The molecule has 2 amide bonds. The number of amides is 2. The maximum Gasteiger partial charge on any atom is 0.418 e. The number of anilines is 2. The van der Waals surface area contributed by atoms with Gasteiger partial charge in [-0.2, -0.15) is 13.2 Å². The van der Waals surface area contributed by atoms with E-state index >= 15 is 0 Å². The first-order valence-corrected chi connectivity index (χ1v) is 10.0. The van der Waals surface area contributed by atoms with Gasteiger partial charge in [-0.25, -0.2) is 4.98 Å². The van der Waals surface area contributed by atoms with E-state index in [0.717, 1.165) is 12.1 Å². The van der Waals surface area contributed by atoms with Crippen LogP contribution in [0.25, 0.3) is 10.8 Å². The lowest BCUT2D eigenvalue weighted by Gasteiger charge is -2.15. The fraction of sp³-hybridized carbons (Fsp3) is 0.0952. The standard InChI is InChI=1S/C21H14F3N3O4S/c22-21(23,24)14-9-12(25-19(29)16-3-1-7-30-16)5-6-15(14)27-18(28)10-13-11-32-20(26-13)17-4-2-8-31-17/h1-9,11H,10H2,(H,25,29)(H,27,28). The highest BCUT2D eigenvalue weighted by Crippen LogP contribution is 2.37. The Morgan fingerprint density at radius 3 is 2.50 bits per heavy atom. The molecule has 0 aliphatic carbocycles. The van der Waals surface area contributed by atoms with Crippen LogP contribution in [0.1, 0.15) is 21.8 Å². The number of nitrogens with zero attached hydrogens (tertiary/aromatic N) is 1. The van der Waals surface area contributed by atoms with Gasteiger partial charge in [0.05, 0.1) is 35.9 Å². The van der Waals surface area contributed by atoms with Crippen LogP contribution in [0.3, 0.4) is 0 Å². The van der Waals surface area contributed by atoms with Gasteiger partial charge in [0.2, 0.25) is 5.91 Å². The van der Waals surface area contributed by atoms with Gasteiger partial charge in [0.25, 0.3) is 5.91 Å². The SMILES string of the molecule is O=C(Cc1csc(-c2ccco2)n1)Nc1ccc(NC(=O)c2ccco2)cc1C(F)(F)F. The van der Waals surface area contributed by atoms with Crippen molar-refractivity contribution in [3.8, 4) is 10.8 Å². The Kier molecular flexibility index (Phi) is 5.82. The number of nitrogens with one attached hydrogen (secondary N) is 2. The monoisotopic (exact) mass is 461 g/mol. The minimum atomic E-state index is -4.76. The maximum absolute atomic E-state index is 13.6. The van der Waals surface area contributed by atoms with E-state index in [-0.39, 0.29) is 17.9 Å². The van der Waals surface area contributed by atoms with Crippen LogP contribution >= 0.6 is 11.3 Å². The highest BCUT2D eigenvalue weighted by molar-refractivity contribution is 7.13. The third-order valence-electron chi connectivity index (χ3n) is 4.23. The van der Waals surface area contributed by atoms with Crippen molar-refractivity contribution in [1.82, 2.24) is 4.98 Å². The first-order chi connectivity index (χ1) is 15.3. The molecule has 0 bridgehead atoms. The summed E-state index contributed by atoms with van der Waals surface area (Å²) in [5, 5.41) is 6.79. The third kappa shape index (κ3) is 4.89. The molecule has 7 nitrogen and oxygen atoms in total. The maximum atomic E-state index is 13.6. The molecule has 0 radical (unpaired) electrons. The molecular weight excluding hydrogens is 447 g/mol. The summed E-state index contributed by atoms with van der Waals surface area (Å²) >= 11 is 1.26. The average Bonchev–Trinajstić information content (AvgIpc) is 3.50. The molecule has 1 aromatic carbocycles. The van der Waals surface area contributed by atoms with E-state index in [1.54, 1.807) is 17.5 Å². The van der Waals surface area contributed by atoms with E-state index in [4.69, 9.17) is 8.83 Å². The summed E-state index contributed by atoms with van der Waals surface area (Å²) in [4.78, 5) is 28.6. The van der Waals surface area contributed by atoms with Gasteiger partial charge in [0.15, 0.2) is 16.5 Å². The summed E-state index contributed by atoms with van der Waals surface area (Å²) in [7, 11) is 0. The highest BCUT2D eigenvalue weighted by atomic mass is 32.1. The quantitative estimate of drug-likeness (QED) is 0.398. The molecule has 4 aromatic rings. The molecule has 2 N–H and O–H groups in total. The van der Waals surface area contributed by atoms with Crippen molar-refractivity contribution in [1.29, 1.82) is 0 Å². The second-order valence-corrected chi connectivity index (χ2v) is 7.39. The number of carbonyl (C=O) groups excluding carboxylic acids is 2. The van der Waals surface area contributed by atoms with Gasteiger partial charge in [-0.15, -0.1) is 11.3 Å². The fourth-order valence-corrected chi connectivity index (χ4v) is 3.61. The summed E-state index contributed by atoms with van der Waals surface area (Å²) in [5.74, 6) is -0.878. The number of hydrogen-bond acceptors (Lipinski definition) is 6. The van der Waals surface area contributed by atoms with E-state index in [2.05, 4.69) is 15.6 Å². The largest absolute Gasteiger partial charge is 0.462 e. The van der Waals surface area contributed by atoms with Gasteiger partial charge < -0.3 is 19.5 Å². The number of furan rings is 2. The average molecular weight is 461 g/mol. The lowest BCUT2D eigenvalue weighted by atomic mass is 10.1. The molecule has 164 valence electrons. The fourth-order valence-electron chi connectivity index (χ4n) is 2.83. The molecule has 0 fully saturated rings. The highest BCUT2D eigenvalue weighted by Gasteiger charge is 2.34. The van der Waals surface area contributed by atoms with Crippen LogP contribution in [-0.2, 0) is 17.4 Å². The number of aromatic nitrogens is 1. The van der Waals surface area contributed by atoms with Crippen molar-refractivity contribution in [2.45, 2.75) is 12.6 Å². The number of thiazole rings is 1. The van der Waals surface area contributed by atoms with Crippen LogP contribution in [0.2, 0.25) is 0 Å². The van der Waals surface area contributed by atoms with Gasteiger partial charge in [-0.1, -0.05) is 0 Å². The molecule has 0 saturated heterocycles. The number of benzene rings is 1. The predicted octanol–water partition coefficient (Wildman–Crippen LogP) is 5.45. The summed E-state index contributed by atoms with van der Waals surface area (Å²) in [6.45, 7) is 0. The van der Waals surface area contributed by atoms with Crippen LogP contribution in [-0.4, -0.2) is 16.8 Å². The molecule has 0 aliphatic rings. The van der Waals surface area contributed by atoms with Crippen molar-refractivity contribution in [2.75, 3.05) is 10.6 Å². The first kappa shape index (κ1) is 21.4. The van der Waals surface area contributed by atoms with Gasteiger partial charge in [-0.05, 0) is 42.5 Å². The van der Waals surface area contributed by atoms with Crippen LogP contribution in [0.4, 0.5) is 24.5 Å². The van der Waals surface area contributed by atoms with E-state index in [1.165, 1.54) is 42.1 Å². The van der Waals surface area contributed by atoms with Gasteiger partial charge in [0, 0.05) is 11.1 Å². The predicted molar refractivity (Wildman–Crippen MR) is 110 cm³/mol. The molecule has 0 saturated carbocycles. The topological polar surface area (TPSA) is 97.4 Å². The minimum Gasteiger partial charge on any atom is -0.462 e. The molecule has 0 aliphatic heterocycles. The summed E-state index contributed by atoms with van der Waals surface area (Å²) < 4.78 is 50.9. The van der Waals surface area contributed by atoms with Gasteiger partial charge in [-0.3, -0.25) is 9.59 Å². The summed E-state index contributed by atoms with van der Waals surface area (Å²) in [6, 6.07) is 9.34. The smallest absolute Gasteiger partial charge is 0.418 e. The Bertz CT molecular complexity index is 1230. The Hall–Kier alpha value is -3.86. The molecule has 0 atom stereocenters. The number of halogens is 3. The normalized spacial score (nSPS) is 11.3.